The monoisotopic (exact) mass is 686 g/mol. The Labute approximate surface area is 317 Å². The van der Waals surface area contributed by atoms with Crippen LogP contribution in [0.3, 0.4) is 0 Å². The number of hydrogen-bond acceptors (Lipinski definition) is 0. The molecule has 0 atom stereocenters. The normalized spacial score (nSPS) is 12.7. The van der Waals surface area contributed by atoms with E-state index in [1.54, 1.807) is 0 Å². The summed E-state index contributed by atoms with van der Waals surface area (Å²) in [7, 11) is 0. The third-order valence-electron chi connectivity index (χ3n) is 11.2. The lowest BCUT2D eigenvalue weighted by atomic mass is 9.82. The first kappa shape index (κ1) is 31.9. The van der Waals surface area contributed by atoms with Crippen LogP contribution in [0.5, 0.6) is 0 Å². The van der Waals surface area contributed by atoms with Crippen LogP contribution >= 0.6 is 0 Å². The average molecular weight is 687 g/mol. The van der Waals surface area contributed by atoms with Crippen LogP contribution < -0.4 is 0 Å². The minimum atomic E-state index is 1.06. The van der Waals surface area contributed by atoms with Gasteiger partial charge in [-0.2, -0.15) is 0 Å². The van der Waals surface area contributed by atoms with Crippen LogP contribution in [0.15, 0.2) is 206 Å². The molecule has 54 heavy (non-hydrogen) atoms. The fraction of sp³-hybridized carbons (Fsp3) is 0.0370. The first-order chi connectivity index (χ1) is 26.8. The molecule has 0 radical (unpaired) electrons. The third-order valence-corrected chi connectivity index (χ3v) is 11.2. The smallest absolute Gasteiger partial charge is 0.00262 e. The van der Waals surface area contributed by atoms with E-state index in [-0.39, 0.29) is 0 Å². The molecule has 9 aromatic carbocycles. The maximum absolute atomic E-state index is 2.44. The molecule has 0 amide bonds. The standard InChI is InChI=1S/C54H38/c1-3-14-37(15-4-1)38-26-28-39(29-27-38)40-30-32-42(33-31-40)52-36-44(34-35-47(52)46-25-13-19-41-16-7-8-20-45(41)46)54-50-23-11-9-21-48(50)53(43-17-5-2-6-18-43)49-22-10-12-24-51(49)54/h1-5,7-17,19-36H,6,18H2. The lowest BCUT2D eigenvalue weighted by Crippen LogP contribution is -1.96. The van der Waals surface area contributed by atoms with Crippen molar-refractivity contribution >= 4 is 37.9 Å². The molecule has 0 nitrogen and oxygen atoms in total. The summed E-state index contributed by atoms with van der Waals surface area (Å²) < 4.78 is 0. The molecule has 0 aliphatic heterocycles. The molecule has 0 heterocycles. The summed E-state index contributed by atoms with van der Waals surface area (Å²) in [6.07, 6.45) is 8.94. The van der Waals surface area contributed by atoms with Crippen molar-refractivity contribution in [1.29, 1.82) is 0 Å². The van der Waals surface area contributed by atoms with Gasteiger partial charge in [0.25, 0.3) is 0 Å². The number of benzene rings is 9. The van der Waals surface area contributed by atoms with E-state index >= 15 is 0 Å². The van der Waals surface area contributed by atoms with Gasteiger partial charge in [0.1, 0.15) is 0 Å². The predicted octanol–water partition coefficient (Wildman–Crippen LogP) is 15.2. The SMILES string of the molecule is C1=CCCC(c2c3ccccc3c(-c3ccc(-c4cccc5ccccc45)c(-c4ccc(-c5ccc(-c6ccccc6)cc5)cc4)c3)c3ccccc23)=C1. The van der Waals surface area contributed by atoms with Crippen LogP contribution in [-0.2, 0) is 0 Å². The van der Waals surface area contributed by atoms with Crippen molar-refractivity contribution in [3.8, 4) is 55.6 Å². The molecule has 1 aliphatic rings. The van der Waals surface area contributed by atoms with Gasteiger partial charge in [0.15, 0.2) is 0 Å². The summed E-state index contributed by atoms with van der Waals surface area (Å²) in [4.78, 5) is 0. The van der Waals surface area contributed by atoms with Gasteiger partial charge in [-0.15, -0.1) is 0 Å². The summed E-state index contributed by atoms with van der Waals surface area (Å²) in [5, 5.41) is 7.72. The predicted molar refractivity (Wildman–Crippen MR) is 232 cm³/mol. The zero-order valence-electron chi connectivity index (χ0n) is 30.0. The molecule has 254 valence electrons. The second kappa shape index (κ2) is 13.7. The summed E-state index contributed by atoms with van der Waals surface area (Å²) in [5.41, 5.74) is 15.1. The minimum absolute atomic E-state index is 1.06. The maximum Gasteiger partial charge on any atom is -0.00262 e. The van der Waals surface area contributed by atoms with E-state index in [0.29, 0.717) is 0 Å². The molecular weight excluding hydrogens is 649 g/mol. The van der Waals surface area contributed by atoms with Gasteiger partial charge in [-0.25, -0.2) is 0 Å². The summed E-state index contributed by atoms with van der Waals surface area (Å²) in [6.45, 7) is 0. The zero-order valence-corrected chi connectivity index (χ0v) is 30.0. The average Bonchev–Trinajstić information content (AvgIpc) is 3.26. The van der Waals surface area contributed by atoms with Crippen LogP contribution in [0.2, 0.25) is 0 Å². The van der Waals surface area contributed by atoms with Gasteiger partial charge in [-0.1, -0.05) is 200 Å². The fourth-order valence-corrected chi connectivity index (χ4v) is 8.56. The molecule has 1 aliphatic carbocycles. The van der Waals surface area contributed by atoms with E-state index in [1.807, 2.05) is 0 Å². The Morgan fingerprint density at radius 2 is 0.815 bits per heavy atom. The lowest BCUT2D eigenvalue weighted by Gasteiger charge is -2.21. The topological polar surface area (TPSA) is 0 Å². The van der Waals surface area contributed by atoms with Crippen molar-refractivity contribution < 1.29 is 0 Å². The van der Waals surface area contributed by atoms with Crippen molar-refractivity contribution in [2.75, 3.05) is 0 Å². The molecule has 0 unspecified atom stereocenters. The van der Waals surface area contributed by atoms with Crippen molar-refractivity contribution in [3.63, 3.8) is 0 Å². The fourth-order valence-electron chi connectivity index (χ4n) is 8.56. The van der Waals surface area contributed by atoms with Crippen molar-refractivity contribution in [1.82, 2.24) is 0 Å². The quantitative estimate of drug-likeness (QED) is 0.153. The summed E-state index contributed by atoms with van der Waals surface area (Å²) >= 11 is 0. The molecule has 0 bridgehead atoms. The molecule has 0 N–H and O–H groups in total. The van der Waals surface area contributed by atoms with Crippen molar-refractivity contribution in [2.45, 2.75) is 12.8 Å². The van der Waals surface area contributed by atoms with Crippen LogP contribution in [0.1, 0.15) is 18.4 Å². The second-order valence-electron chi connectivity index (χ2n) is 14.3. The van der Waals surface area contributed by atoms with Crippen molar-refractivity contribution in [2.24, 2.45) is 0 Å². The lowest BCUT2D eigenvalue weighted by molar-refractivity contribution is 1.06. The highest BCUT2D eigenvalue weighted by atomic mass is 14.2. The highest BCUT2D eigenvalue weighted by molar-refractivity contribution is 6.19. The molecule has 0 aromatic heterocycles. The van der Waals surface area contributed by atoms with Crippen molar-refractivity contribution in [3.05, 3.63) is 212 Å². The Morgan fingerprint density at radius 1 is 0.315 bits per heavy atom. The van der Waals surface area contributed by atoms with E-state index in [1.165, 1.54) is 99.1 Å². The van der Waals surface area contributed by atoms with Gasteiger partial charge in [-0.3, -0.25) is 0 Å². The van der Waals surface area contributed by atoms with Gasteiger partial charge < -0.3 is 0 Å². The van der Waals surface area contributed by atoms with Crippen LogP contribution in [0.4, 0.5) is 0 Å². The molecule has 10 rings (SSSR count). The summed E-state index contributed by atoms with van der Waals surface area (Å²) in [5.74, 6) is 0. The van der Waals surface area contributed by atoms with E-state index in [2.05, 4.69) is 206 Å². The molecule has 0 fully saturated rings. The first-order valence-electron chi connectivity index (χ1n) is 19.0. The molecule has 0 heteroatoms. The Hall–Kier alpha value is -6.76. The Balaban J connectivity index is 1.16. The summed E-state index contributed by atoms with van der Waals surface area (Å²) in [6, 6.07) is 69.2. The van der Waals surface area contributed by atoms with Gasteiger partial charge in [0.05, 0.1) is 0 Å². The molecule has 0 saturated heterocycles. The highest BCUT2D eigenvalue weighted by Crippen LogP contribution is 2.46. The van der Waals surface area contributed by atoms with Crippen LogP contribution in [0.25, 0.3) is 93.5 Å². The number of fused-ring (bicyclic) bond motifs is 3. The molecule has 0 spiro atoms. The van der Waals surface area contributed by atoms with Gasteiger partial charge in [0, 0.05) is 0 Å². The van der Waals surface area contributed by atoms with E-state index in [0.717, 1.165) is 12.8 Å². The maximum atomic E-state index is 2.44. The second-order valence-corrected chi connectivity index (χ2v) is 14.3. The highest BCUT2D eigenvalue weighted by Gasteiger charge is 2.20. The number of hydrogen-bond donors (Lipinski definition) is 0. The van der Waals surface area contributed by atoms with E-state index < -0.39 is 0 Å². The van der Waals surface area contributed by atoms with E-state index in [4.69, 9.17) is 0 Å². The Morgan fingerprint density at radius 3 is 1.43 bits per heavy atom. The first-order valence-corrected chi connectivity index (χ1v) is 19.0. The Bertz CT molecular complexity index is 2830. The van der Waals surface area contributed by atoms with Gasteiger partial charge >= 0.3 is 0 Å². The zero-order chi connectivity index (χ0) is 35.8. The third kappa shape index (κ3) is 5.65. The van der Waals surface area contributed by atoms with E-state index in [9.17, 15) is 0 Å². The largest absolute Gasteiger partial charge is 0.0842 e. The Kier molecular flexibility index (Phi) is 8.08. The molecule has 0 saturated carbocycles. The van der Waals surface area contributed by atoms with Gasteiger partial charge in [-0.05, 0) is 118 Å². The number of allylic oxidation sites excluding steroid dienone is 4. The van der Waals surface area contributed by atoms with Gasteiger partial charge in [0.2, 0.25) is 0 Å². The van der Waals surface area contributed by atoms with Crippen LogP contribution in [-0.4, -0.2) is 0 Å². The number of rotatable bonds is 6. The van der Waals surface area contributed by atoms with Crippen LogP contribution in [0, 0.1) is 0 Å². The molecule has 9 aromatic rings. The minimum Gasteiger partial charge on any atom is -0.0842 e. The molecular formula is C54H38.